The Morgan fingerprint density at radius 3 is 2.63 bits per heavy atom. The molecule has 0 atom stereocenters. The summed E-state index contributed by atoms with van der Waals surface area (Å²) in [5.74, 6) is 5.33. The first kappa shape index (κ1) is 25.4. The van der Waals surface area contributed by atoms with Crippen molar-refractivity contribution in [3.63, 3.8) is 0 Å². The van der Waals surface area contributed by atoms with Crippen molar-refractivity contribution in [2.75, 3.05) is 38.5 Å². The van der Waals surface area contributed by atoms with Gasteiger partial charge >= 0.3 is 6.18 Å². The fourth-order valence-electron chi connectivity index (χ4n) is 4.20. The Morgan fingerprint density at radius 1 is 1.03 bits per heavy atom. The molecule has 8 nitrogen and oxygen atoms in total. The Balaban J connectivity index is 1.32. The molecule has 0 spiro atoms. The monoisotopic (exact) mass is 519 g/mol. The zero-order valence-electron chi connectivity index (χ0n) is 20.5. The second-order valence-corrected chi connectivity index (χ2v) is 9.07. The summed E-state index contributed by atoms with van der Waals surface area (Å²) < 4.78 is 43.4. The maximum atomic E-state index is 13.9. The highest BCUT2D eigenvalue weighted by Gasteiger charge is 2.34. The number of amides is 1. The molecule has 1 saturated heterocycles. The van der Waals surface area contributed by atoms with Crippen LogP contribution in [-0.4, -0.2) is 68.3 Å². The van der Waals surface area contributed by atoms with Crippen LogP contribution in [0.5, 0.6) is 0 Å². The number of anilines is 1. The SMILES string of the molecule is CN1CCN(Cc2ccc(NC(=O)c3cncc(C#Cc4cnc5ccncn45)c3)cc2C(F)(F)F)CC1. The Kier molecular flexibility index (Phi) is 7.09. The molecule has 1 amide bonds. The van der Waals surface area contributed by atoms with Crippen LogP contribution < -0.4 is 5.32 Å². The molecule has 3 aromatic heterocycles. The van der Waals surface area contributed by atoms with E-state index in [2.05, 4.69) is 37.0 Å². The van der Waals surface area contributed by atoms with Gasteiger partial charge in [-0.1, -0.05) is 12.0 Å². The van der Waals surface area contributed by atoms with E-state index in [0.29, 0.717) is 30.0 Å². The summed E-state index contributed by atoms with van der Waals surface area (Å²) in [5, 5.41) is 2.56. The number of hydrogen-bond donors (Lipinski definition) is 1. The van der Waals surface area contributed by atoms with Crippen LogP contribution in [0.4, 0.5) is 18.9 Å². The number of halogens is 3. The Labute approximate surface area is 217 Å². The van der Waals surface area contributed by atoms with Gasteiger partial charge in [0, 0.05) is 62.6 Å². The zero-order valence-corrected chi connectivity index (χ0v) is 20.5. The topological polar surface area (TPSA) is 78.7 Å². The predicted octanol–water partition coefficient (Wildman–Crippen LogP) is 3.54. The lowest BCUT2D eigenvalue weighted by Gasteiger charge is -2.33. The maximum absolute atomic E-state index is 13.9. The molecule has 11 heteroatoms. The average Bonchev–Trinajstić information content (AvgIpc) is 3.32. The van der Waals surface area contributed by atoms with Crippen molar-refractivity contribution < 1.29 is 18.0 Å². The van der Waals surface area contributed by atoms with Crippen LogP contribution in [0.1, 0.15) is 32.7 Å². The summed E-state index contributed by atoms with van der Waals surface area (Å²) in [6.07, 6.45) is 3.13. The number of hydrogen-bond acceptors (Lipinski definition) is 6. The number of alkyl halides is 3. The van der Waals surface area contributed by atoms with Gasteiger partial charge in [0.05, 0.1) is 17.3 Å². The van der Waals surface area contributed by atoms with Gasteiger partial charge in [-0.3, -0.25) is 19.1 Å². The molecule has 1 fully saturated rings. The summed E-state index contributed by atoms with van der Waals surface area (Å²) in [5.41, 5.74) is 1.43. The lowest BCUT2D eigenvalue weighted by atomic mass is 10.0. The van der Waals surface area contributed by atoms with Crippen molar-refractivity contribution in [3.05, 3.63) is 89.4 Å². The molecule has 1 aromatic carbocycles. The molecule has 1 aliphatic rings. The lowest BCUT2D eigenvalue weighted by molar-refractivity contribution is -0.138. The van der Waals surface area contributed by atoms with Crippen molar-refractivity contribution >= 4 is 17.2 Å². The fraction of sp³-hybridized carbons (Fsp3) is 0.259. The Hall–Kier alpha value is -4.27. The molecule has 38 heavy (non-hydrogen) atoms. The van der Waals surface area contributed by atoms with E-state index in [4.69, 9.17) is 0 Å². The highest BCUT2D eigenvalue weighted by molar-refractivity contribution is 6.04. The summed E-state index contributed by atoms with van der Waals surface area (Å²) in [4.78, 5) is 29.4. The van der Waals surface area contributed by atoms with Gasteiger partial charge in [0.1, 0.15) is 17.7 Å². The van der Waals surface area contributed by atoms with Crippen molar-refractivity contribution in [2.24, 2.45) is 0 Å². The Bertz CT molecular complexity index is 1530. The van der Waals surface area contributed by atoms with E-state index in [1.54, 1.807) is 29.2 Å². The van der Waals surface area contributed by atoms with Gasteiger partial charge in [0.25, 0.3) is 5.91 Å². The van der Waals surface area contributed by atoms with Crippen LogP contribution in [-0.2, 0) is 12.7 Å². The molecule has 0 radical (unpaired) electrons. The molecule has 194 valence electrons. The first-order valence-electron chi connectivity index (χ1n) is 11.9. The van der Waals surface area contributed by atoms with Gasteiger partial charge in [-0.25, -0.2) is 9.97 Å². The molecule has 1 N–H and O–H groups in total. The van der Waals surface area contributed by atoms with Gasteiger partial charge in [-0.2, -0.15) is 13.2 Å². The minimum Gasteiger partial charge on any atom is -0.322 e. The third kappa shape index (κ3) is 5.82. The fourth-order valence-corrected chi connectivity index (χ4v) is 4.20. The number of rotatable bonds is 4. The molecule has 4 aromatic rings. The number of imidazole rings is 1. The van der Waals surface area contributed by atoms with Crippen LogP contribution in [0, 0.1) is 11.8 Å². The first-order valence-corrected chi connectivity index (χ1v) is 11.9. The van der Waals surface area contributed by atoms with E-state index in [9.17, 15) is 18.0 Å². The number of nitrogens with one attached hydrogen (secondary N) is 1. The van der Waals surface area contributed by atoms with E-state index in [1.165, 1.54) is 30.6 Å². The lowest BCUT2D eigenvalue weighted by Crippen LogP contribution is -2.44. The predicted molar refractivity (Wildman–Crippen MR) is 135 cm³/mol. The summed E-state index contributed by atoms with van der Waals surface area (Å²) in [6, 6.07) is 7.19. The largest absolute Gasteiger partial charge is 0.416 e. The number of pyridine rings is 1. The standard InChI is InChI=1S/C27H24F3N7O/c1-35-8-10-36(11-9-35)17-20-3-4-22(13-24(20)27(28,29)30)34-26(38)21-12-19(14-32-15-21)2-5-23-16-33-25-6-7-31-18-37(23)25/h3-4,6-7,12-16,18H,8-11,17H2,1H3,(H,34,38). The van der Waals surface area contributed by atoms with Crippen LogP contribution in [0.25, 0.3) is 5.65 Å². The molecule has 0 aliphatic carbocycles. The van der Waals surface area contributed by atoms with Gasteiger partial charge in [-0.05, 0) is 42.8 Å². The van der Waals surface area contributed by atoms with E-state index in [-0.39, 0.29) is 23.4 Å². The molecule has 1 aliphatic heterocycles. The minimum absolute atomic E-state index is 0.0548. The van der Waals surface area contributed by atoms with Crippen molar-refractivity contribution in [2.45, 2.75) is 12.7 Å². The van der Waals surface area contributed by atoms with E-state index in [0.717, 1.165) is 19.2 Å². The molecule has 0 saturated carbocycles. The summed E-state index contributed by atoms with van der Waals surface area (Å²) >= 11 is 0. The second kappa shape index (κ2) is 10.6. The maximum Gasteiger partial charge on any atom is 0.416 e. The van der Waals surface area contributed by atoms with E-state index >= 15 is 0 Å². The molecule has 4 heterocycles. The number of carbonyl (C=O) groups is 1. The summed E-state index contributed by atoms with van der Waals surface area (Å²) in [7, 11) is 1.99. The molecular weight excluding hydrogens is 495 g/mol. The quantitative estimate of drug-likeness (QED) is 0.416. The highest BCUT2D eigenvalue weighted by Crippen LogP contribution is 2.34. The van der Waals surface area contributed by atoms with E-state index in [1.807, 2.05) is 11.9 Å². The number of aromatic nitrogens is 4. The third-order valence-electron chi connectivity index (χ3n) is 6.32. The molecule has 5 rings (SSSR count). The van der Waals surface area contributed by atoms with E-state index < -0.39 is 17.6 Å². The number of piperazine rings is 1. The number of likely N-dealkylation sites (N-methyl/N-ethyl adjacent to an activating group) is 1. The van der Waals surface area contributed by atoms with Gasteiger partial charge in [0.15, 0.2) is 0 Å². The third-order valence-corrected chi connectivity index (χ3v) is 6.32. The average molecular weight is 520 g/mol. The van der Waals surface area contributed by atoms with Crippen LogP contribution >= 0.6 is 0 Å². The van der Waals surface area contributed by atoms with Gasteiger partial charge in [0.2, 0.25) is 0 Å². The van der Waals surface area contributed by atoms with Crippen LogP contribution in [0.15, 0.2) is 61.4 Å². The van der Waals surface area contributed by atoms with Crippen molar-refractivity contribution in [1.82, 2.24) is 29.2 Å². The van der Waals surface area contributed by atoms with Crippen molar-refractivity contribution in [3.8, 4) is 11.8 Å². The smallest absolute Gasteiger partial charge is 0.322 e. The molecular formula is C27H24F3N7O. The van der Waals surface area contributed by atoms with Crippen molar-refractivity contribution in [1.29, 1.82) is 0 Å². The number of benzene rings is 1. The Morgan fingerprint density at radius 2 is 1.84 bits per heavy atom. The first-order chi connectivity index (χ1) is 18.3. The van der Waals surface area contributed by atoms with Gasteiger partial charge < -0.3 is 10.2 Å². The number of fused-ring (bicyclic) bond motifs is 1. The number of carbonyl (C=O) groups excluding carboxylic acids is 1. The number of nitrogens with zero attached hydrogens (tertiary/aromatic N) is 6. The second-order valence-electron chi connectivity index (χ2n) is 9.07. The summed E-state index contributed by atoms with van der Waals surface area (Å²) in [6.45, 7) is 3.22. The zero-order chi connectivity index (χ0) is 26.7. The van der Waals surface area contributed by atoms with Gasteiger partial charge in [-0.15, -0.1) is 0 Å². The normalized spacial score (nSPS) is 14.7. The van der Waals surface area contributed by atoms with Crippen LogP contribution in [0.3, 0.4) is 0 Å². The highest BCUT2D eigenvalue weighted by atomic mass is 19.4. The molecule has 0 unspecified atom stereocenters. The minimum atomic E-state index is -4.55. The van der Waals surface area contributed by atoms with Crippen LogP contribution in [0.2, 0.25) is 0 Å². The molecule has 0 bridgehead atoms.